The topological polar surface area (TPSA) is 54.0 Å². The Kier molecular flexibility index (Phi) is 4.32. The molecule has 2 aliphatic rings. The number of fused-ring (bicyclic) bond motifs is 1. The highest BCUT2D eigenvalue weighted by Crippen LogP contribution is 2.40. The number of benzene rings is 1. The van der Waals surface area contributed by atoms with Crippen molar-refractivity contribution >= 4 is 5.78 Å². The Balaban J connectivity index is 1.50. The molecule has 22 heavy (non-hydrogen) atoms. The van der Waals surface area contributed by atoms with Crippen molar-refractivity contribution in [2.24, 2.45) is 5.92 Å². The summed E-state index contributed by atoms with van der Waals surface area (Å²) >= 11 is 0. The van der Waals surface area contributed by atoms with Gasteiger partial charge in [0.15, 0.2) is 17.9 Å². The van der Waals surface area contributed by atoms with Gasteiger partial charge < -0.3 is 18.9 Å². The second-order valence-electron chi connectivity index (χ2n) is 6.33. The van der Waals surface area contributed by atoms with Crippen molar-refractivity contribution in [3.8, 4) is 0 Å². The highest BCUT2D eigenvalue weighted by atomic mass is 16.8. The van der Waals surface area contributed by atoms with E-state index in [-0.39, 0.29) is 24.4 Å². The van der Waals surface area contributed by atoms with E-state index >= 15 is 0 Å². The zero-order valence-electron chi connectivity index (χ0n) is 13.2. The van der Waals surface area contributed by atoms with E-state index in [2.05, 4.69) is 0 Å². The van der Waals surface area contributed by atoms with Gasteiger partial charge in [0, 0.05) is 5.92 Å². The van der Waals surface area contributed by atoms with Crippen molar-refractivity contribution < 1.29 is 23.7 Å². The van der Waals surface area contributed by atoms with Crippen LogP contribution in [0.5, 0.6) is 0 Å². The Morgan fingerprint density at radius 3 is 2.64 bits per heavy atom. The first-order valence-corrected chi connectivity index (χ1v) is 7.62. The van der Waals surface area contributed by atoms with E-state index in [1.807, 2.05) is 51.1 Å². The number of Topliss-reactive ketones (excluding diaryl/α,β-unsaturated/α-hetero) is 1. The fourth-order valence-corrected chi connectivity index (χ4v) is 2.95. The van der Waals surface area contributed by atoms with Gasteiger partial charge in [-0.15, -0.1) is 0 Å². The third-order valence-electron chi connectivity index (χ3n) is 4.04. The van der Waals surface area contributed by atoms with Gasteiger partial charge in [-0.2, -0.15) is 0 Å². The van der Waals surface area contributed by atoms with Crippen molar-refractivity contribution in [2.45, 2.75) is 51.7 Å². The van der Waals surface area contributed by atoms with Crippen LogP contribution in [0.2, 0.25) is 0 Å². The molecule has 2 saturated heterocycles. The monoisotopic (exact) mass is 306 g/mol. The summed E-state index contributed by atoms with van der Waals surface area (Å²) in [6.45, 7) is 6.10. The molecule has 0 bridgehead atoms. The minimum absolute atomic E-state index is 0.0345. The van der Waals surface area contributed by atoms with Gasteiger partial charge in [0.1, 0.15) is 18.8 Å². The van der Waals surface area contributed by atoms with Gasteiger partial charge in [0.25, 0.3) is 0 Å². The van der Waals surface area contributed by atoms with Crippen molar-refractivity contribution in [1.29, 1.82) is 0 Å². The lowest BCUT2D eigenvalue weighted by molar-refractivity contribution is -0.210. The number of carbonyl (C=O) groups is 1. The van der Waals surface area contributed by atoms with Crippen LogP contribution in [0.25, 0.3) is 0 Å². The first-order valence-electron chi connectivity index (χ1n) is 7.62. The van der Waals surface area contributed by atoms with Gasteiger partial charge >= 0.3 is 0 Å². The van der Waals surface area contributed by atoms with Crippen molar-refractivity contribution in [2.75, 3.05) is 6.61 Å². The maximum Gasteiger partial charge on any atom is 0.188 e. The molecule has 0 radical (unpaired) electrons. The molecular formula is C17H22O5. The van der Waals surface area contributed by atoms with Crippen LogP contribution >= 0.6 is 0 Å². The molecule has 1 aromatic rings. The molecule has 1 aromatic carbocycles. The van der Waals surface area contributed by atoms with Crippen LogP contribution in [0.4, 0.5) is 0 Å². The van der Waals surface area contributed by atoms with Crippen LogP contribution in [0, 0.1) is 5.92 Å². The quantitative estimate of drug-likeness (QED) is 0.835. The summed E-state index contributed by atoms with van der Waals surface area (Å²) in [5.74, 6) is -0.760. The zero-order chi connectivity index (χ0) is 15.7. The molecule has 0 unspecified atom stereocenters. The molecule has 2 heterocycles. The predicted molar refractivity (Wildman–Crippen MR) is 79.0 cm³/mol. The van der Waals surface area contributed by atoms with Crippen LogP contribution < -0.4 is 0 Å². The number of rotatable bonds is 5. The molecule has 0 spiro atoms. The summed E-state index contributed by atoms with van der Waals surface area (Å²) < 4.78 is 22.7. The normalized spacial score (nSPS) is 32.9. The Morgan fingerprint density at radius 1 is 1.23 bits per heavy atom. The second kappa shape index (κ2) is 6.08. The molecular weight excluding hydrogens is 284 g/mol. The first-order chi connectivity index (χ1) is 10.5. The highest BCUT2D eigenvalue weighted by molar-refractivity contribution is 5.85. The fourth-order valence-electron chi connectivity index (χ4n) is 2.95. The molecule has 4 atom stereocenters. The number of hydrogen-bond acceptors (Lipinski definition) is 5. The lowest BCUT2D eigenvalue weighted by Gasteiger charge is -2.22. The van der Waals surface area contributed by atoms with E-state index in [4.69, 9.17) is 18.9 Å². The van der Waals surface area contributed by atoms with Crippen LogP contribution in [0.1, 0.15) is 26.3 Å². The lowest BCUT2D eigenvalue weighted by Crippen LogP contribution is -2.34. The van der Waals surface area contributed by atoms with Gasteiger partial charge in [-0.3, -0.25) is 4.79 Å². The number of ketones is 1. The van der Waals surface area contributed by atoms with Gasteiger partial charge in [0.2, 0.25) is 0 Å². The zero-order valence-corrected chi connectivity index (χ0v) is 13.2. The Morgan fingerprint density at radius 2 is 1.95 bits per heavy atom. The van der Waals surface area contributed by atoms with Crippen molar-refractivity contribution in [1.82, 2.24) is 0 Å². The maximum atomic E-state index is 12.3. The van der Waals surface area contributed by atoms with Crippen molar-refractivity contribution in [3.05, 3.63) is 35.9 Å². The number of hydrogen-bond donors (Lipinski definition) is 0. The third-order valence-corrected chi connectivity index (χ3v) is 4.04. The van der Waals surface area contributed by atoms with Gasteiger partial charge in [0.05, 0.1) is 6.61 Å². The Hall–Kier alpha value is -1.27. The minimum Gasteiger partial charge on any atom is -0.369 e. The van der Waals surface area contributed by atoms with E-state index < -0.39 is 18.2 Å². The molecule has 0 saturated carbocycles. The summed E-state index contributed by atoms with van der Waals surface area (Å²) in [5.41, 5.74) is 1.04. The first kappa shape index (κ1) is 15.6. The fraction of sp³-hybridized carbons (Fsp3) is 0.588. The minimum atomic E-state index is -0.651. The summed E-state index contributed by atoms with van der Waals surface area (Å²) in [6, 6.07) is 9.77. The van der Waals surface area contributed by atoms with Crippen molar-refractivity contribution in [3.63, 3.8) is 0 Å². The van der Waals surface area contributed by atoms with Crippen LogP contribution in [0.15, 0.2) is 30.3 Å². The molecule has 0 amide bonds. The SMILES string of the molecule is C[C@H]1[C@H]2OC(C)(C)O[C@H]2O[C@@H]1C(=O)COCc1ccccc1. The lowest BCUT2D eigenvalue weighted by atomic mass is 9.98. The van der Waals surface area contributed by atoms with E-state index in [1.54, 1.807) is 0 Å². The molecule has 0 aromatic heterocycles. The van der Waals surface area contributed by atoms with Gasteiger partial charge in [-0.25, -0.2) is 0 Å². The Labute approximate surface area is 130 Å². The molecule has 0 aliphatic carbocycles. The van der Waals surface area contributed by atoms with E-state index in [9.17, 15) is 4.79 Å². The average molecular weight is 306 g/mol. The Bertz CT molecular complexity index is 527. The van der Waals surface area contributed by atoms with Gasteiger partial charge in [-0.1, -0.05) is 37.3 Å². The van der Waals surface area contributed by atoms with E-state index in [0.29, 0.717) is 6.61 Å². The predicted octanol–water partition coefficient (Wildman–Crippen LogP) is 2.28. The van der Waals surface area contributed by atoms with Crippen LogP contribution in [-0.2, 0) is 30.3 Å². The molecule has 5 heteroatoms. The standard InChI is InChI=1S/C17H22O5/c1-11-14(20-16-15(11)21-17(2,3)22-16)13(18)10-19-9-12-7-5-4-6-8-12/h4-8,11,14-16H,9-10H2,1-3H3/t11-,14+,15-,16-/m1/s1. The number of ether oxygens (including phenoxy) is 4. The number of carbonyl (C=O) groups excluding carboxylic acids is 1. The maximum absolute atomic E-state index is 12.3. The third kappa shape index (κ3) is 3.22. The van der Waals surface area contributed by atoms with Crippen LogP contribution in [0.3, 0.4) is 0 Å². The van der Waals surface area contributed by atoms with Gasteiger partial charge in [-0.05, 0) is 19.4 Å². The smallest absolute Gasteiger partial charge is 0.188 e. The van der Waals surface area contributed by atoms with E-state index in [0.717, 1.165) is 5.56 Å². The molecule has 2 aliphatic heterocycles. The second-order valence-corrected chi connectivity index (χ2v) is 6.33. The summed E-state index contributed by atoms with van der Waals surface area (Å²) in [6.07, 6.45) is -1.19. The molecule has 2 fully saturated rings. The molecule has 0 N–H and O–H groups in total. The molecule has 120 valence electrons. The average Bonchev–Trinajstić information content (AvgIpc) is 2.94. The van der Waals surface area contributed by atoms with E-state index in [1.165, 1.54) is 0 Å². The largest absolute Gasteiger partial charge is 0.369 e. The summed E-state index contributed by atoms with van der Waals surface area (Å²) in [7, 11) is 0. The molecule has 3 rings (SSSR count). The summed E-state index contributed by atoms with van der Waals surface area (Å²) in [4.78, 5) is 12.3. The molecule has 5 nitrogen and oxygen atoms in total. The summed E-state index contributed by atoms with van der Waals surface area (Å²) in [5, 5.41) is 0. The highest BCUT2D eigenvalue weighted by Gasteiger charge is 2.54. The van der Waals surface area contributed by atoms with Crippen LogP contribution in [-0.4, -0.2) is 36.7 Å².